The molecule has 2 heterocycles. The summed E-state index contributed by atoms with van der Waals surface area (Å²) in [6, 6.07) is -0.0578. The number of rotatable bonds is 0. The molecule has 102 valence electrons. The second-order valence-electron chi connectivity index (χ2n) is 6.23. The number of hydrogen-bond donors (Lipinski definition) is 1. The number of hydrogen-bond acceptors (Lipinski definition) is 4. The Morgan fingerprint density at radius 1 is 1.26 bits per heavy atom. The summed E-state index contributed by atoms with van der Waals surface area (Å²) in [5.41, 5.74) is 5.14. The van der Waals surface area contributed by atoms with Crippen molar-refractivity contribution < 1.29 is 8.42 Å². The van der Waals surface area contributed by atoms with Crippen molar-refractivity contribution in [2.45, 2.75) is 33.7 Å². The summed E-state index contributed by atoms with van der Waals surface area (Å²) in [5, 5.41) is 4.35. The maximum atomic E-state index is 12.3. The normalized spacial score (nSPS) is 31.6. The van der Waals surface area contributed by atoms with Crippen molar-refractivity contribution >= 4 is 21.4 Å². The number of allylic oxidation sites excluding steroid dienone is 2. The summed E-state index contributed by atoms with van der Waals surface area (Å²) < 4.78 is 28.7. The Kier molecular flexibility index (Phi) is 2.36. The van der Waals surface area contributed by atoms with Crippen molar-refractivity contribution in [2.75, 3.05) is 0 Å². The van der Waals surface area contributed by atoms with E-state index in [9.17, 15) is 8.42 Å². The monoisotopic (exact) mass is 279 g/mol. The molecule has 0 saturated heterocycles. The van der Waals surface area contributed by atoms with Crippen LogP contribution in [0.15, 0.2) is 32.1 Å². The van der Waals surface area contributed by atoms with Gasteiger partial charge in [-0.05, 0) is 18.6 Å². The Hall–Kier alpha value is -1.43. The maximum absolute atomic E-state index is 12.3. The molecule has 19 heavy (non-hydrogen) atoms. The first-order chi connectivity index (χ1) is 8.72. The lowest BCUT2D eigenvalue weighted by Crippen LogP contribution is -2.44. The molecule has 0 bridgehead atoms. The van der Waals surface area contributed by atoms with Crippen LogP contribution in [0.2, 0.25) is 0 Å². The van der Waals surface area contributed by atoms with E-state index < -0.39 is 10.0 Å². The van der Waals surface area contributed by atoms with Crippen LogP contribution in [0, 0.1) is 11.3 Å². The minimum Gasteiger partial charge on any atom is -0.302 e. The molecular formula is C13H17N3O2S. The molecule has 0 amide bonds. The second-order valence-corrected chi connectivity index (χ2v) is 7.83. The Labute approximate surface area is 113 Å². The van der Waals surface area contributed by atoms with E-state index in [4.69, 9.17) is 0 Å². The molecule has 5 nitrogen and oxygen atoms in total. The van der Waals surface area contributed by atoms with Crippen molar-refractivity contribution in [2.24, 2.45) is 20.8 Å². The van der Waals surface area contributed by atoms with Gasteiger partial charge in [-0.15, -0.1) is 0 Å². The van der Waals surface area contributed by atoms with Crippen LogP contribution >= 0.6 is 0 Å². The topological polar surface area (TPSA) is 70.9 Å². The molecule has 2 unspecified atom stereocenters. The molecule has 2 atom stereocenters. The molecule has 3 rings (SSSR count). The van der Waals surface area contributed by atoms with E-state index in [2.05, 4.69) is 14.9 Å². The summed E-state index contributed by atoms with van der Waals surface area (Å²) in [7, 11) is -3.58. The third kappa shape index (κ3) is 1.69. The van der Waals surface area contributed by atoms with Gasteiger partial charge in [0.2, 0.25) is 0 Å². The summed E-state index contributed by atoms with van der Waals surface area (Å²) in [4.78, 5) is 0.361. The van der Waals surface area contributed by atoms with E-state index in [1.807, 2.05) is 33.8 Å². The average molecular weight is 279 g/mol. The predicted molar refractivity (Wildman–Crippen MR) is 75.5 cm³/mol. The predicted octanol–water partition coefficient (Wildman–Crippen LogP) is 1.60. The fraction of sp³-hybridized carbons (Fsp3) is 0.538. The highest BCUT2D eigenvalue weighted by Gasteiger charge is 2.49. The summed E-state index contributed by atoms with van der Waals surface area (Å²) >= 11 is 0. The first-order valence-corrected chi connectivity index (χ1v) is 7.73. The molecule has 2 aliphatic heterocycles. The fourth-order valence-corrected chi connectivity index (χ4v) is 4.23. The lowest BCUT2D eigenvalue weighted by molar-refractivity contribution is 0.557. The molecule has 0 aromatic rings. The smallest absolute Gasteiger partial charge is 0.279 e. The van der Waals surface area contributed by atoms with Crippen LogP contribution in [0.5, 0.6) is 0 Å². The standard InChI is InChI=1S/C13H17N3O2S/c1-7-5-6-8-9-10(7)14-15-11(9)12(13(2,3)4)16-19(8,17)18/h5-6,9-10,14H,1-4H3. The van der Waals surface area contributed by atoms with Crippen molar-refractivity contribution in [1.82, 2.24) is 5.43 Å². The maximum Gasteiger partial charge on any atom is 0.279 e. The average Bonchev–Trinajstić information content (AvgIpc) is 2.69. The van der Waals surface area contributed by atoms with E-state index in [1.165, 1.54) is 0 Å². The molecule has 3 aliphatic rings. The van der Waals surface area contributed by atoms with Gasteiger partial charge in [0.25, 0.3) is 10.0 Å². The quantitative estimate of drug-likeness (QED) is 0.732. The lowest BCUT2D eigenvalue weighted by Gasteiger charge is -2.32. The van der Waals surface area contributed by atoms with Crippen LogP contribution in [0.4, 0.5) is 0 Å². The number of nitrogens with zero attached hydrogens (tertiary/aromatic N) is 2. The third-order valence-electron chi connectivity index (χ3n) is 3.72. The Morgan fingerprint density at radius 2 is 1.95 bits per heavy atom. The second kappa shape index (κ2) is 3.56. The summed E-state index contributed by atoms with van der Waals surface area (Å²) in [6.45, 7) is 7.85. The molecule has 0 aromatic heterocycles. The van der Waals surface area contributed by atoms with Crippen molar-refractivity contribution in [3.8, 4) is 0 Å². The van der Waals surface area contributed by atoms with Crippen LogP contribution in [-0.2, 0) is 10.0 Å². The highest BCUT2D eigenvalue weighted by Crippen LogP contribution is 2.40. The van der Waals surface area contributed by atoms with Crippen molar-refractivity contribution in [3.05, 3.63) is 22.6 Å². The number of hydrazone groups is 1. The molecular weight excluding hydrogens is 262 g/mol. The van der Waals surface area contributed by atoms with Gasteiger partial charge in [-0.25, -0.2) is 0 Å². The SMILES string of the molecule is CC1=CC=C2C3C(=NNC13)C(C(C)(C)C)=NS2(=O)=O. The molecule has 0 radical (unpaired) electrons. The molecule has 1 N–H and O–H groups in total. The van der Waals surface area contributed by atoms with Crippen LogP contribution in [0.25, 0.3) is 0 Å². The van der Waals surface area contributed by atoms with E-state index in [0.717, 1.165) is 11.3 Å². The highest BCUT2D eigenvalue weighted by molar-refractivity contribution is 7.94. The zero-order chi connectivity index (χ0) is 14.0. The van der Waals surface area contributed by atoms with Crippen LogP contribution in [0.3, 0.4) is 0 Å². The number of nitrogens with one attached hydrogen (secondary N) is 1. The van der Waals surface area contributed by atoms with E-state index >= 15 is 0 Å². The van der Waals surface area contributed by atoms with Gasteiger partial charge in [0.15, 0.2) is 0 Å². The Bertz CT molecular complexity index is 675. The Morgan fingerprint density at radius 3 is 2.58 bits per heavy atom. The summed E-state index contributed by atoms with van der Waals surface area (Å²) in [6.07, 6.45) is 3.49. The molecule has 6 heteroatoms. The van der Waals surface area contributed by atoms with E-state index in [1.54, 1.807) is 6.08 Å². The molecule has 0 saturated carbocycles. The van der Waals surface area contributed by atoms with Crippen molar-refractivity contribution in [1.29, 1.82) is 0 Å². The lowest BCUT2D eigenvalue weighted by atomic mass is 9.78. The van der Waals surface area contributed by atoms with Gasteiger partial charge >= 0.3 is 0 Å². The van der Waals surface area contributed by atoms with Gasteiger partial charge in [0.05, 0.1) is 28.3 Å². The zero-order valence-electron chi connectivity index (χ0n) is 11.4. The van der Waals surface area contributed by atoms with Crippen molar-refractivity contribution in [3.63, 3.8) is 0 Å². The van der Waals surface area contributed by atoms with E-state index in [0.29, 0.717) is 10.6 Å². The number of sulfonamides is 1. The van der Waals surface area contributed by atoms with Gasteiger partial charge in [0, 0.05) is 5.41 Å². The first kappa shape index (κ1) is 12.6. The molecule has 0 aromatic carbocycles. The van der Waals surface area contributed by atoms with Gasteiger partial charge in [-0.3, -0.25) is 0 Å². The largest absolute Gasteiger partial charge is 0.302 e. The van der Waals surface area contributed by atoms with E-state index in [-0.39, 0.29) is 17.4 Å². The molecule has 1 aliphatic carbocycles. The van der Waals surface area contributed by atoms with Crippen LogP contribution in [-0.4, -0.2) is 25.9 Å². The van der Waals surface area contributed by atoms with Crippen LogP contribution < -0.4 is 5.43 Å². The Balaban J connectivity index is 2.26. The molecule has 0 fully saturated rings. The van der Waals surface area contributed by atoms with Crippen LogP contribution in [0.1, 0.15) is 27.7 Å². The summed E-state index contributed by atoms with van der Waals surface area (Å²) in [5.74, 6) is -0.221. The molecule has 0 spiro atoms. The highest BCUT2D eigenvalue weighted by atomic mass is 32.2. The minimum atomic E-state index is -3.58. The third-order valence-corrected chi connectivity index (χ3v) is 5.13. The van der Waals surface area contributed by atoms with Gasteiger partial charge in [-0.2, -0.15) is 17.9 Å². The zero-order valence-corrected chi connectivity index (χ0v) is 12.2. The van der Waals surface area contributed by atoms with Gasteiger partial charge < -0.3 is 5.43 Å². The minimum absolute atomic E-state index is 0.0578. The first-order valence-electron chi connectivity index (χ1n) is 6.29. The fourth-order valence-electron chi connectivity index (χ4n) is 2.71. The van der Waals surface area contributed by atoms with Gasteiger partial charge in [0.1, 0.15) is 0 Å². The van der Waals surface area contributed by atoms with Gasteiger partial charge in [-0.1, -0.05) is 26.8 Å².